The number of carbonyl (C=O) groups is 1. The molecule has 1 aromatic carbocycles. The average Bonchev–Trinajstić information content (AvgIpc) is 2.71. The van der Waals surface area contributed by atoms with Gasteiger partial charge in [0.25, 0.3) is 0 Å². The highest BCUT2D eigenvalue weighted by Gasteiger charge is 2.41. The van der Waals surface area contributed by atoms with Gasteiger partial charge in [0.1, 0.15) is 5.60 Å². The molecule has 21 heavy (non-hydrogen) atoms. The SMILES string of the molecule is CCOC1(C(=O)c2ccc(F)c(F)c2F)CCCCCC1. The molecule has 1 aliphatic carbocycles. The topological polar surface area (TPSA) is 26.3 Å². The fraction of sp³-hybridized carbons (Fsp3) is 0.562. The van der Waals surface area contributed by atoms with Crippen LogP contribution in [0.1, 0.15) is 55.8 Å². The van der Waals surface area contributed by atoms with Crippen molar-refractivity contribution in [1.29, 1.82) is 0 Å². The Bertz CT molecular complexity index is 520. The molecule has 0 N–H and O–H groups in total. The van der Waals surface area contributed by atoms with Crippen molar-refractivity contribution in [3.63, 3.8) is 0 Å². The van der Waals surface area contributed by atoms with Gasteiger partial charge in [-0.1, -0.05) is 25.7 Å². The Morgan fingerprint density at radius 1 is 1.10 bits per heavy atom. The standard InChI is InChI=1S/C16H19F3O2/c1-2-21-16(9-5-3-4-6-10-16)15(20)11-7-8-12(17)14(19)13(11)18/h7-8H,2-6,9-10H2,1H3. The molecular formula is C16H19F3O2. The van der Waals surface area contributed by atoms with Crippen molar-refractivity contribution in [3.05, 3.63) is 35.1 Å². The first-order valence-electron chi connectivity index (χ1n) is 7.34. The summed E-state index contributed by atoms with van der Waals surface area (Å²) in [5.74, 6) is -4.91. The van der Waals surface area contributed by atoms with E-state index < -0.39 is 34.4 Å². The van der Waals surface area contributed by atoms with Crippen LogP contribution in [0.4, 0.5) is 13.2 Å². The lowest BCUT2D eigenvalue weighted by Crippen LogP contribution is -2.42. The van der Waals surface area contributed by atoms with Crippen LogP contribution < -0.4 is 0 Å². The number of halogens is 3. The second-order valence-electron chi connectivity index (χ2n) is 5.39. The van der Waals surface area contributed by atoms with Gasteiger partial charge in [0.15, 0.2) is 23.2 Å². The maximum Gasteiger partial charge on any atom is 0.197 e. The van der Waals surface area contributed by atoms with Crippen LogP contribution >= 0.6 is 0 Å². The zero-order valence-corrected chi connectivity index (χ0v) is 12.1. The Kier molecular flexibility index (Phi) is 5.04. The molecule has 1 aromatic rings. The molecule has 1 aliphatic rings. The summed E-state index contributed by atoms with van der Waals surface area (Å²) in [7, 11) is 0. The normalized spacial score (nSPS) is 18.3. The average molecular weight is 300 g/mol. The van der Waals surface area contributed by atoms with Gasteiger partial charge in [0.05, 0.1) is 5.56 Å². The van der Waals surface area contributed by atoms with Crippen molar-refractivity contribution >= 4 is 5.78 Å². The highest BCUT2D eigenvalue weighted by atomic mass is 19.2. The Morgan fingerprint density at radius 3 is 2.29 bits per heavy atom. The monoisotopic (exact) mass is 300 g/mol. The van der Waals surface area contributed by atoms with Gasteiger partial charge in [-0.05, 0) is 31.9 Å². The van der Waals surface area contributed by atoms with Crippen LogP contribution in [0.15, 0.2) is 12.1 Å². The van der Waals surface area contributed by atoms with Crippen molar-refractivity contribution in [2.75, 3.05) is 6.61 Å². The largest absolute Gasteiger partial charge is 0.367 e. The highest BCUT2D eigenvalue weighted by Crippen LogP contribution is 2.34. The van der Waals surface area contributed by atoms with Crippen LogP contribution in [0.25, 0.3) is 0 Å². The first kappa shape index (κ1) is 16.0. The predicted molar refractivity (Wildman–Crippen MR) is 72.7 cm³/mol. The summed E-state index contributed by atoms with van der Waals surface area (Å²) < 4.78 is 45.9. The number of hydrogen-bond acceptors (Lipinski definition) is 2. The van der Waals surface area contributed by atoms with Gasteiger partial charge < -0.3 is 4.74 Å². The van der Waals surface area contributed by atoms with Gasteiger partial charge in [0.2, 0.25) is 0 Å². The van der Waals surface area contributed by atoms with Gasteiger partial charge in [-0.2, -0.15) is 0 Å². The molecule has 2 nitrogen and oxygen atoms in total. The van der Waals surface area contributed by atoms with Gasteiger partial charge >= 0.3 is 0 Å². The fourth-order valence-electron chi connectivity index (χ4n) is 2.96. The summed E-state index contributed by atoms with van der Waals surface area (Å²) in [5, 5.41) is 0. The third-order valence-electron chi connectivity index (χ3n) is 4.03. The molecule has 0 heterocycles. The molecule has 0 bridgehead atoms. The molecule has 0 spiro atoms. The first-order valence-corrected chi connectivity index (χ1v) is 7.34. The number of rotatable bonds is 4. The highest BCUT2D eigenvalue weighted by molar-refractivity contribution is 6.02. The molecule has 0 amide bonds. The third kappa shape index (κ3) is 3.12. The molecule has 0 unspecified atom stereocenters. The van der Waals surface area contributed by atoms with E-state index in [1.807, 2.05) is 0 Å². The van der Waals surface area contributed by atoms with E-state index in [9.17, 15) is 18.0 Å². The van der Waals surface area contributed by atoms with E-state index in [2.05, 4.69) is 0 Å². The molecule has 0 aliphatic heterocycles. The van der Waals surface area contributed by atoms with E-state index >= 15 is 0 Å². The third-order valence-corrected chi connectivity index (χ3v) is 4.03. The lowest BCUT2D eigenvalue weighted by atomic mass is 9.85. The van der Waals surface area contributed by atoms with Crippen molar-refractivity contribution in [2.45, 2.75) is 51.0 Å². The van der Waals surface area contributed by atoms with Crippen LogP contribution in [0, 0.1) is 17.5 Å². The van der Waals surface area contributed by atoms with E-state index in [-0.39, 0.29) is 0 Å². The molecular weight excluding hydrogens is 281 g/mol. The maximum absolute atomic E-state index is 13.9. The Hall–Kier alpha value is -1.36. The van der Waals surface area contributed by atoms with Crippen LogP contribution in [0.5, 0.6) is 0 Å². The van der Waals surface area contributed by atoms with Crippen LogP contribution in [-0.2, 0) is 4.74 Å². The molecule has 2 rings (SSSR count). The van der Waals surface area contributed by atoms with E-state index in [0.717, 1.165) is 37.8 Å². The van der Waals surface area contributed by atoms with Gasteiger partial charge in [0, 0.05) is 6.61 Å². The number of benzene rings is 1. The van der Waals surface area contributed by atoms with Gasteiger partial charge in [-0.15, -0.1) is 0 Å². The lowest BCUT2D eigenvalue weighted by Gasteiger charge is -2.31. The van der Waals surface area contributed by atoms with Gasteiger partial charge in [-0.25, -0.2) is 13.2 Å². The Balaban J connectivity index is 2.41. The summed E-state index contributed by atoms with van der Waals surface area (Å²) in [6.45, 7) is 2.08. The summed E-state index contributed by atoms with van der Waals surface area (Å²) in [4.78, 5) is 12.7. The second-order valence-corrected chi connectivity index (χ2v) is 5.39. The summed E-state index contributed by atoms with van der Waals surface area (Å²) in [6, 6.07) is 1.78. The Labute approximate surface area is 122 Å². The van der Waals surface area contributed by atoms with Crippen LogP contribution in [0.2, 0.25) is 0 Å². The van der Waals surface area contributed by atoms with Crippen molar-refractivity contribution < 1.29 is 22.7 Å². The minimum Gasteiger partial charge on any atom is -0.367 e. The molecule has 0 radical (unpaired) electrons. The predicted octanol–water partition coefficient (Wildman–Crippen LogP) is 4.42. The van der Waals surface area contributed by atoms with Crippen molar-refractivity contribution in [2.24, 2.45) is 0 Å². The van der Waals surface area contributed by atoms with Gasteiger partial charge in [-0.3, -0.25) is 4.79 Å². The zero-order chi connectivity index (χ0) is 15.5. The van der Waals surface area contributed by atoms with E-state index in [4.69, 9.17) is 4.74 Å². The van der Waals surface area contributed by atoms with E-state index in [0.29, 0.717) is 19.4 Å². The first-order chi connectivity index (χ1) is 10.0. The molecule has 0 saturated heterocycles. The Morgan fingerprint density at radius 2 is 1.71 bits per heavy atom. The number of Topliss-reactive ketones (excluding diaryl/α,β-unsaturated/α-hetero) is 1. The smallest absolute Gasteiger partial charge is 0.197 e. The zero-order valence-electron chi connectivity index (χ0n) is 12.1. The molecule has 1 fully saturated rings. The molecule has 0 aromatic heterocycles. The van der Waals surface area contributed by atoms with Crippen molar-refractivity contribution in [1.82, 2.24) is 0 Å². The number of carbonyl (C=O) groups excluding carboxylic acids is 1. The number of hydrogen-bond donors (Lipinski definition) is 0. The summed E-state index contributed by atoms with van der Waals surface area (Å²) in [6.07, 6.45) is 4.55. The minimum atomic E-state index is -1.61. The van der Waals surface area contributed by atoms with Crippen LogP contribution in [0.3, 0.4) is 0 Å². The number of ether oxygens (including phenoxy) is 1. The van der Waals surface area contributed by atoms with Crippen LogP contribution in [-0.4, -0.2) is 18.0 Å². The summed E-state index contributed by atoms with van der Waals surface area (Å²) >= 11 is 0. The minimum absolute atomic E-state index is 0.317. The quantitative estimate of drug-likeness (QED) is 0.467. The van der Waals surface area contributed by atoms with Crippen molar-refractivity contribution in [3.8, 4) is 0 Å². The maximum atomic E-state index is 13.9. The van der Waals surface area contributed by atoms with E-state index in [1.54, 1.807) is 6.92 Å². The molecule has 1 saturated carbocycles. The molecule has 5 heteroatoms. The lowest BCUT2D eigenvalue weighted by molar-refractivity contribution is -0.0295. The number of ketones is 1. The molecule has 0 atom stereocenters. The second kappa shape index (κ2) is 6.60. The fourth-order valence-corrected chi connectivity index (χ4v) is 2.96. The summed E-state index contributed by atoms with van der Waals surface area (Å²) in [5.41, 5.74) is -1.54. The molecule has 116 valence electrons. The van der Waals surface area contributed by atoms with E-state index in [1.165, 1.54) is 0 Å².